The molecule has 104 valence electrons. The fourth-order valence-corrected chi connectivity index (χ4v) is 3.06. The van der Waals surface area contributed by atoms with Crippen LogP contribution in [0.15, 0.2) is 29.3 Å². The third kappa shape index (κ3) is 2.89. The minimum Gasteiger partial charge on any atom is -0.399 e. The lowest BCUT2D eigenvalue weighted by molar-refractivity contribution is 0.238. The molecule has 0 spiro atoms. The monoisotopic (exact) mass is 283 g/mol. The smallest absolute Gasteiger partial charge is 0.242 e. The van der Waals surface area contributed by atoms with Gasteiger partial charge in [-0.1, -0.05) is 6.92 Å². The summed E-state index contributed by atoms with van der Waals surface area (Å²) >= 11 is 0. The summed E-state index contributed by atoms with van der Waals surface area (Å²) in [6.07, 6.45) is 1.44. The lowest BCUT2D eigenvalue weighted by Crippen LogP contribution is -2.29. The van der Waals surface area contributed by atoms with Crippen molar-refractivity contribution in [2.75, 3.05) is 18.9 Å². The van der Waals surface area contributed by atoms with E-state index in [0.29, 0.717) is 16.6 Å². The molecule has 19 heavy (non-hydrogen) atoms. The van der Waals surface area contributed by atoms with E-state index in [-0.39, 0.29) is 24.0 Å². The summed E-state index contributed by atoms with van der Waals surface area (Å²) in [4.78, 5) is 3.07. The molecule has 0 fully saturated rings. The molecule has 0 amide bonds. The Morgan fingerprint density at radius 1 is 1.47 bits per heavy atom. The van der Waals surface area contributed by atoms with E-state index in [2.05, 4.69) is 9.71 Å². The fraction of sp³-hybridized carbons (Fsp3) is 0.333. The Bertz CT molecular complexity index is 679. The van der Waals surface area contributed by atoms with Gasteiger partial charge in [-0.25, -0.2) is 13.1 Å². The van der Waals surface area contributed by atoms with E-state index < -0.39 is 10.0 Å². The van der Waals surface area contributed by atoms with Crippen LogP contribution < -0.4 is 10.5 Å². The number of sulfonamides is 1. The molecule has 2 aromatic rings. The first kappa shape index (κ1) is 13.9. The third-order valence-corrected chi connectivity index (χ3v) is 4.35. The minimum absolute atomic E-state index is 0.0661. The van der Waals surface area contributed by atoms with Crippen molar-refractivity contribution >= 4 is 26.6 Å². The van der Waals surface area contributed by atoms with Crippen molar-refractivity contribution in [3.8, 4) is 0 Å². The normalized spacial score (nSPS) is 13.8. The number of benzene rings is 1. The minimum atomic E-state index is -3.61. The molecule has 1 unspecified atom stereocenters. The second kappa shape index (κ2) is 5.20. The highest BCUT2D eigenvalue weighted by Gasteiger charge is 2.19. The number of fused-ring (bicyclic) bond motifs is 1. The van der Waals surface area contributed by atoms with Crippen molar-refractivity contribution in [1.29, 1.82) is 0 Å². The van der Waals surface area contributed by atoms with Crippen LogP contribution in [0.5, 0.6) is 0 Å². The van der Waals surface area contributed by atoms with Crippen LogP contribution in [-0.2, 0) is 10.0 Å². The zero-order valence-corrected chi connectivity index (χ0v) is 11.4. The van der Waals surface area contributed by atoms with Gasteiger partial charge in [0, 0.05) is 35.9 Å². The number of nitrogens with two attached hydrogens (primary N) is 1. The first-order valence-corrected chi connectivity index (χ1v) is 7.39. The molecule has 0 saturated carbocycles. The van der Waals surface area contributed by atoms with E-state index in [9.17, 15) is 8.42 Å². The number of nitrogens with one attached hydrogen (secondary N) is 2. The zero-order valence-electron chi connectivity index (χ0n) is 10.6. The van der Waals surface area contributed by atoms with E-state index in [1.165, 1.54) is 6.20 Å². The van der Waals surface area contributed by atoms with Crippen LogP contribution in [-0.4, -0.2) is 31.7 Å². The molecule has 0 aliphatic carbocycles. The maximum atomic E-state index is 12.2. The molecule has 0 saturated heterocycles. The summed E-state index contributed by atoms with van der Waals surface area (Å²) in [6.45, 7) is 1.88. The van der Waals surface area contributed by atoms with Gasteiger partial charge < -0.3 is 15.8 Å². The average molecular weight is 283 g/mol. The predicted octanol–water partition coefficient (Wildman–Crippen LogP) is 0.657. The van der Waals surface area contributed by atoms with E-state index in [4.69, 9.17) is 10.8 Å². The van der Waals surface area contributed by atoms with Crippen molar-refractivity contribution in [3.63, 3.8) is 0 Å². The van der Waals surface area contributed by atoms with Crippen molar-refractivity contribution in [2.24, 2.45) is 5.92 Å². The van der Waals surface area contributed by atoms with Gasteiger partial charge in [0.1, 0.15) is 4.90 Å². The highest BCUT2D eigenvalue weighted by atomic mass is 32.2. The van der Waals surface area contributed by atoms with E-state index in [1.54, 1.807) is 25.1 Å². The number of rotatable bonds is 5. The number of hydrogen-bond donors (Lipinski definition) is 4. The van der Waals surface area contributed by atoms with Gasteiger partial charge in [0.15, 0.2) is 0 Å². The maximum absolute atomic E-state index is 12.2. The summed E-state index contributed by atoms with van der Waals surface area (Å²) in [5.41, 5.74) is 6.90. The van der Waals surface area contributed by atoms with Crippen molar-refractivity contribution in [1.82, 2.24) is 9.71 Å². The molecule has 5 N–H and O–H groups in total. The lowest BCUT2D eigenvalue weighted by atomic mass is 10.2. The van der Waals surface area contributed by atoms with Crippen LogP contribution in [0.2, 0.25) is 0 Å². The van der Waals surface area contributed by atoms with Gasteiger partial charge in [0.25, 0.3) is 0 Å². The maximum Gasteiger partial charge on any atom is 0.242 e. The molecule has 0 aliphatic rings. The van der Waals surface area contributed by atoms with Crippen LogP contribution in [0.25, 0.3) is 10.9 Å². The molecule has 0 aliphatic heterocycles. The Hall–Kier alpha value is -1.57. The second-order valence-electron chi connectivity index (χ2n) is 4.60. The summed E-state index contributed by atoms with van der Waals surface area (Å²) in [5, 5.41) is 9.47. The molecular formula is C12H17N3O3S. The van der Waals surface area contributed by atoms with Crippen LogP contribution >= 0.6 is 0 Å². The Morgan fingerprint density at radius 3 is 2.89 bits per heavy atom. The highest BCUT2D eigenvalue weighted by Crippen LogP contribution is 2.24. The summed E-state index contributed by atoms with van der Waals surface area (Å²) in [7, 11) is -3.61. The quantitative estimate of drug-likeness (QED) is 0.604. The van der Waals surface area contributed by atoms with Crippen molar-refractivity contribution in [2.45, 2.75) is 11.8 Å². The van der Waals surface area contributed by atoms with Crippen LogP contribution in [0.4, 0.5) is 5.69 Å². The molecule has 0 radical (unpaired) electrons. The molecule has 1 atom stereocenters. The predicted molar refractivity (Wildman–Crippen MR) is 74.1 cm³/mol. The standard InChI is InChI=1S/C12H17N3O3S/c1-8(7-16)5-15-19(17,18)12-6-14-11-3-2-9(13)4-10(11)12/h2-4,6,8,14-16H,5,7,13H2,1H3. The van der Waals surface area contributed by atoms with Crippen LogP contribution in [0.1, 0.15) is 6.92 Å². The Kier molecular flexibility index (Phi) is 3.79. The summed E-state index contributed by atoms with van der Waals surface area (Å²) < 4.78 is 26.8. The number of aliphatic hydroxyl groups is 1. The molecule has 2 rings (SSSR count). The molecule has 1 aromatic carbocycles. The number of aromatic nitrogens is 1. The number of H-pyrrole nitrogens is 1. The summed E-state index contributed by atoms with van der Waals surface area (Å²) in [6, 6.07) is 5.06. The van der Waals surface area contributed by atoms with Crippen molar-refractivity contribution < 1.29 is 13.5 Å². The number of anilines is 1. The third-order valence-electron chi connectivity index (χ3n) is 2.89. The first-order valence-electron chi connectivity index (χ1n) is 5.91. The molecule has 1 aromatic heterocycles. The van der Waals surface area contributed by atoms with Gasteiger partial charge in [-0.05, 0) is 24.1 Å². The van der Waals surface area contributed by atoms with Gasteiger partial charge in [0.05, 0.1) is 0 Å². The SMILES string of the molecule is CC(CO)CNS(=O)(=O)c1c[nH]c2ccc(N)cc12. The second-order valence-corrected chi connectivity index (χ2v) is 6.33. The number of aromatic amines is 1. The Balaban J connectivity index is 2.35. The Morgan fingerprint density at radius 2 is 2.21 bits per heavy atom. The van der Waals surface area contributed by atoms with Gasteiger partial charge in [-0.2, -0.15) is 0 Å². The largest absolute Gasteiger partial charge is 0.399 e. The fourth-order valence-electron chi connectivity index (χ4n) is 1.73. The van der Waals surface area contributed by atoms with Gasteiger partial charge in [-0.15, -0.1) is 0 Å². The number of aliphatic hydroxyl groups excluding tert-OH is 1. The van der Waals surface area contributed by atoms with E-state index in [0.717, 1.165) is 0 Å². The van der Waals surface area contributed by atoms with E-state index >= 15 is 0 Å². The summed E-state index contributed by atoms with van der Waals surface area (Å²) in [5.74, 6) is -0.134. The lowest BCUT2D eigenvalue weighted by Gasteiger charge is -2.09. The topological polar surface area (TPSA) is 108 Å². The molecule has 0 bridgehead atoms. The van der Waals surface area contributed by atoms with Gasteiger partial charge >= 0.3 is 0 Å². The molecule has 7 heteroatoms. The van der Waals surface area contributed by atoms with Crippen LogP contribution in [0, 0.1) is 5.92 Å². The van der Waals surface area contributed by atoms with Crippen molar-refractivity contribution in [3.05, 3.63) is 24.4 Å². The number of hydrogen-bond acceptors (Lipinski definition) is 4. The zero-order chi connectivity index (χ0) is 14.0. The first-order chi connectivity index (χ1) is 8.94. The molecular weight excluding hydrogens is 266 g/mol. The molecule has 1 heterocycles. The Labute approximate surface area is 111 Å². The van der Waals surface area contributed by atoms with E-state index in [1.807, 2.05) is 0 Å². The van der Waals surface area contributed by atoms with Gasteiger partial charge in [0.2, 0.25) is 10.0 Å². The van der Waals surface area contributed by atoms with Gasteiger partial charge in [-0.3, -0.25) is 0 Å². The average Bonchev–Trinajstić information content (AvgIpc) is 2.79. The van der Waals surface area contributed by atoms with Crippen LogP contribution in [0.3, 0.4) is 0 Å². The number of nitrogen functional groups attached to an aromatic ring is 1. The molecule has 6 nitrogen and oxygen atoms in total. The highest BCUT2D eigenvalue weighted by molar-refractivity contribution is 7.89.